The van der Waals surface area contributed by atoms with Crippen LogP contribution in [-0.4, -0.2) is 54.3 Å². The van der Waals surface area contributed by atoms with E-state index in [-0.39, 0.29) is 17.7 Å². The first-order chi connectivity index (χ1) is 12.8. The Balaban J connectivity index is 1.70. The highest BCUT2D eigenvalue weighted by atomic mass is 32.3. The highest BCUT2D eigenvalue weighted by Crippen LogP contribution is 2.62. The van der Waals surface area contributed by atoms with Gasteiger partial charge in [0.05, 0.1) is 0 Å². The van der Waals surface area contributed by atoms with Crippen molar-refractivity contribution in [3.63, 3.8) is 0 Å². The third-order valence-electron chi connectivity index (χ3n) is 6.56. The molecule has 1 aromatic carbocycles. The van der Waals surface area contributed by atoms with Crippen LogP contribution >= 0.6 is 0 Å². The molecule has 8 heteroatoms. The minimum absolute atomic E-state index is 0.0499. The average molecular weight is 391 g/mol. The summed E-state index contributed by atoms with van der Waals surface area (Å²) < 4.78 is 43.0. The van der Waals surface area contributed by atoms with Crippen LogP contribution < -0.4 is 4.74 Å². The fraction of sp³-hybridized carbons (Fsp3) is 0.474. The summed E-state index contributed by atoms with van der Waals surface area (Å²) in [5.41, 5.74) is 1.61. The minimum Gasteiger partial charge on any atom is -0.504 e. The Morgan fingerprint density at radius 2 is 2.22 bits per heavy atom. The molecule has 144 valence electrons. The molecule has 5 rings (SSSR count). The molecule has 1 aromatic rings. The summed E-state index contributed by atoms with van der Waals surface area (Å²) in [5, 5.41) is 10.4. The van der Waals surface area contributed by atoms with E-state index in [1.807, 2.05) is 18.2 Å². The Hall–Kier alpha value is -1.87. The van der Waals surface area contributed by atoms with Crippen molar-refractivity contribution in [2.75, 3.05) is 13.1 Å². The third-order valence-corrected chi connectivity index (χ3v) is 7.03. The van der Waals surface area contributed by atoms with Crippen LogP contribution in [0.4, 0.5) is 0 Å². The highest BCUT2D eigenvalue weighted by molar-refractivity contribution is 7.80. The molecular weight excluding hydrogens is 370 g/mol. The van der Waals surface area contributed by atoms with Crippen molar-refractivity contribution in [1.82, 2.24) is 4.90 Å². The summed E-state index contributed by atoms with van der Waals surface area (Å²) in [4.78, 5) is 2.39. The summed E-state index contributed by atoms with van der Waals surface area (Å²) in [6.07, 6.45) is 5.57. The van der Waals surface area contributed by atoms with E-state index in [4.69, 9.17) is 8.92 Å². The van der Waals surface area contributed by atoms with E-state index < -0.39 is 28.0 Å². The summed E-state index contributed by atoms with van der Waals surface area (Å²) in [7, 11) is -4.64. The van der Waals surface area contributed by atoms with Gasteiger partial charge in [0.2, 0.25) is 0 Å². The zero-order valence-electron chi connectivity index (χ0n) is 14.6. The fourth-order valence-electron chi connectivity index (χ4n) is 5.73. The minimum atomic E-state index is -4.64. The van der Waals surface area contributed by atoms with Crippen molar-refractivity contribution >= 4 is 10.4 Å². The lowest BCUT2D eigenvalue weighted by atomic mass is 9.53. The monoisotopic (exact) mass is 391 g/mol. The number of aromatic hydroxyl groups is 1. The zero-order chi connectivity index (χ0) is 19.0. The van der Waals surface area contributed by atoms with E-state index >= 15 is 0 Å². The van der Waals surface area contributed by atoms with Crippen LogP contribution in [0.5, 0.6) is 11.5 Å². The van der Waals surface area contributed by atoms with E-state index in [0.29, 0.717) is 5.75 Å². The molecule has 2 N–H and O–H groups in total. The Morgan fingerprint density at radius 3 is 2.96 bits per heavy atom. The summed E-state index contributed by atoms with van der Waals surface area (Å²) in [6, 6.07) is 3.79. The molecule has 0 radical (unpaired) electrons. The van der Waals surface area contributed by atoms with Gasteiger partial charge in [-0.05, 0) is 31.0 Å². The number of hydrogen-bond acceptors (Lipinski definition) is 6. The largest absolute Gasteiger partial charge is 0.504 e. The predicted octanol–water partition coefficient (Wildman–Crippen LogP) is 1.58. The van der Waals surface area contributed by atoms with E-state index in [0.717, 1.165) is 37.1 Å². The summed E-state index contributed by atoms with van der Waals surface area (Å²) in [5.74, 6) is 0.576. The first-order valence-electron chi connectivity index (χ1n) is 9.06. The molecule has 2 aliphatic heterocycles. The normalized spacial score (nSPS) is 36.2. The Kier molecular flexibility index (Phi) is 3.56. The van der Waals surface area contributed by atoms with E-state index in [1.165, 1.54) is 0 Å². The summed E-state index contributed by atoms with van der Waals surface area (Å²) in [6.45, 7) is 5.46. The quantitative estimate of drug-likeness (QED) is 0.594. The smallest absolute Gasteiger partial charge is 0.398 e. The number of rotatable bonds is 4. The first-order valence-corrected chi connectivity index (χ1v) is 10.4. The van der Waals surface area contributed by atoms with Gasteiger partial charge in [0.1, 0.15) is 12.2 Å². The van der Waals surface area contributed by atoms with Gasteiger partial charge >= 0.3 is 10.4 Å². The van der Waals surface area contributed by atoms with Crippen molar-refractivity contribution in [1.29, 1.82) is 0 Å². The lowest BCUT2D eigenvalue weighted by Crippen LogP contribution is -2.65. The fourth-order valence-corrected chi connectivity index (χ4v) is 6.17. The van der Waals surface area contributed by atoms with Crippen LogP contribution in [0.3, 0.4) is 0 Å². The number of nitrogens with zero attached hydrogens (tertiary/aromatic N) is 1. The van der Waals surface area contributed by atoms with Gasteiger partial charge in [-0.3, -0.25) is 9.45 Å². The number of hydrogen-bond donors (Lipinski definition) is 2. The van der Waals surface area contributed by atoms with Crippen molar-refractivity contribution in [3.8, 4) is 11.5 Å². The van der Waals surface area contributed by atoms with Crippen LogP contribution in [0, 0.1) is 5.92 Å². The van der Waals surface area contributed by atoms with Crippen molar-refractivity contribution in [2.24, 2.45) is 5.92 Å². The molecule has 1 saturated heterocycles. The molecule has 2 aliphatic carbocycles. The lowest BCUT2D eigenvalue weighted by Gasteiger charge is -2.57. The van der Waals surface area contributed by atoms with Crippen molar-refractivity contribution in [2.45, 2.75) is 36.5 Å². The zero-order valence-corrected chi connectivity index (χ0v) is 15.4. The van der Waals surface area contributed by atoms with Gasteiger partial charge in [0.25, 0.3) is 0 Å². The second-order valence-corrected chi connectivity index (χ2v) is 8.78. The molecule has 0 aromatic heterocycles. The molecule has 0 amide bonds. The molecule has 0 unspecified atom stereocenters. The average Bonchev–Trinajstić information content (AvgIpc) is 2.95. The van der Waals surface area contributed by atoms with Gasteiger partial charge in [-0.15, -0.1) is 6.58 Å². The molecule has 2 bridgehead atoms. The maximum absolute atomic E-state index is 11.4. The SMILES string of the molecule is C=CCN1CC[C@]23c4c5ccc(O)c4O[C@H]2[C@@H](OS(=O)(=O)O)C=C[C@H]3[C@H]1C5. The Labute approximate surface area is 157 Å². The van der Waals surface area contributed by atoms with Crippen LogP contribution in [0.15, 0.2) is 36.9 Å². The number of ether oxygens (including phenoxy) is 1. The molecule has 0 saturated carbocycles. The first kappa shape index (κ1) is 17.2. The second kappa shape index (κ2) is 5.57. The maximum Gasteiger partial charge on any atom is 0.398 e. The highest BCUT2D eigenvalue weighted by Gasteiger charge is 2.65. The number of phenolic OH excluding ortho intramolecular Hbond substituents is 1. The number of piperidine rings is 1. The standard InChI is InChI=1S/C19H21NO6S/c1-2-8-20-9-7-19-12-4-6-15(26-27(22,23)24)18(19)25-17-14(21)5-3-11(16(17)19)10-13(12)20/h2-6,12-13,15,18,21H,1,7-10H2,(H,22,23,24)/t12-,13+,15-,18-,19-/m0/s1. The van der Waals surface area contributed by atoms with Crippen LogP contribution in [0.2, 0.25) is 0 Å². The van der Waals surface area contributed by atoms with E-state index in [1.54, 1.807) is 12.1 Å². The molecule has 1 fully saturated rings. The van der Waals surface area contributed by atoms with Crippen LogP contribution in [0.1, 0.15) is 17.5 Å². The van der Waals surface area contributed by atoms with Crippen LogP contribution in [0.25, 0.3) is 0 Å². The van der Waals surface area contributed by atoms with Gasteiger partial charge in [-0.2, -0.15) is 8.42 Å². The second-order valence-electron chi connectivity index (χ2n) is 7.73. The molecule has 5 atom stereocenters. The van der Waals surface area contributed by atoms with Crippen molar-refractivity contribution in [3.05, 3.63) is 48.1 Å². The van der Waals surface area contributed by atoms with Gasteiger partial charge in [-0.1, -0.05) is 24.3 Å². The van der Waals surface area contributed by atoms with Gasteiger partial charge in [0, 0.05) is 29.5 Å². The maximum atomic E-state index is 11.4. The van der Waals surface area contributed by atoms with Gasteiger partial charge < -0.3 is 9.84 Å². The molecule has 27 heavy (non-hydrogen) atoms. The van der Waals surface area contributed by atoms with E-state index in [9.17, 15) is 18.1 Å². The molecule has 1 spiro atoms. The van der Waals surface area contributed by atoms with Gasteiger partial charge in [-0.25, -0.2) is 4.18 Å². The molecular formula is C19H21NO6S. The number of benzene rings is 1. The predicted molar refractivity (Wildman–Crippen MR) is 97.1 cm³/mol. The van der Waals surface area contributed by atoms with Crippen molar-refractivity contribution < 1.29 is 27.0 Å². The number of phenols is 1. The lowest BCUT2D eigenvalue weighted by molar-refractivity contribution is -0.0427. The molecule has 7 nitrogen and oxygen atoms in total. The van der Waals surface area contributed by atoms with E-state index in [2.05, 4.69) is 11.5 Å². The Morgan fingerprint density at radius 1 is 1.41 bits per heavy atom. The molecule has 2 heterocycles. The number of likely N-dealkylation sites (tertiary alicyclic amines) is 1. The topological polar surface area (TPSA) is 96.3 Å². The Bertz CT molecular complexity index is 957. The molecule has 4 aliphatic rings. The third kappa shape index (κ3) is 2.27. The van der Waals surface area contributed by atoms with Crippen LogP contribution in [-0.2, 0) is 26.4 Å². The van der Waals surface area contributed by atoms with Gasteiger partial charge in [0.15, 0.2) is 11.5 Å². The summed E-state index contributed by atoms with van der Waals surface area (Å²) >= 11 is 0.